The van der Waals surface area contributed by atoms with Crippen molar-refractivity contribution in [2.45, 2.75) is 45.6 Å². The maximum absolute atomic E-state index is 13.4. The predicted octanol–water partition coefficient (Wildman–Crippen LogP) is 3.99. The van der Waals surface area contributed by atoms with E-state index in [-0.39, 0.29) is 11.9 Å². The first-order valence-electron chi connectivity index (χ1n) is 8.44. The van der Waals surface area contributed by atoms with Gasteiger partial charge >= 0.3 is 0 Å². The van der Waals surface area contributed by atoms with E-state index in [1.165, 1.54) is 38.4 Å². The van der Waals surface area contributed by atoms with Crippen LogP contribution in [0.15, 0.2) is 24.3 Å². The normalized spacial score (nSPS) is 16.4. The lowest BCUT2D eigenvalue weighted by Gasteiger charge is -2.25. The van der Waals surface area contributed by atoms with Crippen LogP contribution in [0.25, 0.3) is 0 Å². The Morgan fingerprint density at radius 2 is 2.10 bits per heavy atom. The highest BCUT2D eigenvalue weighted by Gasteiger charge is 2.24. The van der Waals surface area contributed by atoms with E-state index in [0.29, 0.717) is 0 Å². The molecular weight excluding hydrogens is 263 g/mol. The van der Waals surface area contributed by atoms with Gasteiger partial charge in [-0.25, -0.2) is 4.39 Å². The molecule has 0 radical (unpaired) electrons. The van der Waals surface area contributed by atoms with Gasteiger partial charge in [0.2, 0.25) is 0 Å². The summed E-state index contributed by atoms with van der Waals surface area (Å²) >= 11 is 0. The fraction of sp³-hybridized carbons (Fsp3) is 0.667. The Kier molecular flexibility index (Phi) is 6.65. The van der Waals surface area contributed by atoms with Gasteiger partial charge in [0.05, 0.1) is 0 Å². The maximum Gasteiger partial charge on any atom is 0.123 e. The number of hydrogen-bond donors (Lipinski definition) is 1. The molecule has 21 heavy (non-hydrogen) atoms. The standard InChI is InChI=1S/C18H29FN2/c1-3-11-21(14-15-8-9-15)12-10-18(20-4-2)16-6-5-7-17(19)13-16/h5-7,13,15,18,20H,3-4,8-12,14H2,1-2H3. The number of nitrogens with zero attached hydrogens (tertiary/aromatic N) is 1. The molecule has 118 valence electrons. The van der Waals surface area contributed by atoms with Crippen LogP contribution < -0.4 is 5.32 Å². The Bertz CT molecular complexity index is 417. The zero-order valence-corrected chi connectivity index (χ0v) is 13.4. The van der Waals surface area contributed by atoms with E-state index in [9.17, 15) is 4.39 Å². The van der Waals surface area contributed by atoms with E-state index in [4.69, 9.17) is 0 Å². The minimum Gasteiger partial charge on any atom is -0.310 e. The highest BCUT2D eigenvalue weighted by molar-refractivity contribution is 5.20. The highest BCUT2D eigenvalue weighted by atomic mass is 19.1. The molecule has 2 rings (SSSR count). The van der Waals surface area contributed by atoms with E-state index in [1.807, 2.05) is 12.1 Å². The summed E-state index contributed by atoms with van der Waals surface area (Å²) in [7, 11) is 0. The maximum atomic E-state index is 13.4. The summed E-state index contributed by atoms with van der Waals surface area (Å²) in [5, 5.41) is 3.50. The van der Waals surface area contributed by atoms with Gasteiger partial charge in [-0.1, -0.05) is 26.0 Å². The molecule has 1 atom stereocenters. The molecule has 0 saturated heterocycles. The molecule has 0 heterocycles. The largest absolute Gasteiger partial charge is 0.310 e. The van der Waals surface area contributed by atoms with Crippen LogP contribution in [0.1, 0.15) is 51.1 Å². The molecule has 3 heteroatoms. The number of halogens is 1. The summed E-state index contributed by atoms with van der Waals surface area (Å²) in [6.07, 6.45) is 5.06. The number of hydrogen-bond acceptors (Lipinski definition) is 2. The van der Waals surface area contributed by atoms with E-state index in [1.54, 1.807) is 6.07 Å². The number of benzene rings is 1. The van der Waals surface area contributed by atoms with Crippen LogP contribution in [0.5, 0.6) is 0 Å². The van der Waals surface area contributed by atoms with Crippen LogP contribution in [0.4, 0.5) is 4.39 Å². The van der Waals surface area contributed by atoms with Gasteiger partial charge in [-0.2, -0.15) is 0 Å². The highest BCUT2D eigenvalue weighted by Crippen LogP contribution is 2.30. The van der Waals surface area contributed by atoms with E-state index in [2.05, 4.69) is 24.1 Å². The third-order valence-corrected chi connectivity index (χ3v) is 4.19. The van der Waals surface area contributed by atoms with Gasteiger partial charge in [0, 0.05) is 12.6 Å². The second-order valence-electron chi connectivity index (χ2n) is 6.20. The second-order valence-corrected chi connectivity index (χ2v) is 6.20. The van der Waals surface area contributed by atoms with Crippen molar-refractivity contribution in [1.29, 1.82) is 0 Å². The minimum absolute atomic E-state index is 0.140. The summed E-state index contributed by atoms with van der Waals surface area (Å²) < 4.78 is 13.4. The number of rotatable bonds is 10. The summed E-state index contributed by atoms with van der Waals surface area (Å²) in [5.41, 5.74) is 1.07. The third kappa shape index (κ3) is 5.76. The molecule has 1 saturated carbocycles. The fourth-order valence-electron chi connectivity index (χ4n) is 2.94. The Balaban J connectivity index is 1.91. The molecule has 0 aromatic heterocycles. The SMILES string of the molecule is CCCN(CCC(NCC)c1cccc(F)c1)CC1CC1. The van der Waals surface area contributed by atoms with Crippen LogP contribution in [0.2, 0.25) is 0 Å². The first kappa shape index (κ1) is 16.4. The molecule has 1 aliphatic rings. The quantitative estimate of drug-likeness (QED) is 0.701. The van der Waals surface area contributed by atoms with Crippen LogP contribution in [0, 0.1) is 11.7 Å². The van der Waals surface area contributed by atoms with Gasteiger partial charge in [0.15, 0.2) is 0 Å². The van der Waals surface area contributed by atoms with E-state index < -0.39 is 0 Å². The Labute approximate surface area is 128 Å². The summed E-state index contributed by atoms with van der Waals surface area (Å²) in [5.74, 6) is 0.794. The van der Waals surface area contributed by atoms with Gasteiger partial charge in [0.25, 0.3) is 0 Å². The van der Waals surface area contributed by atoms with Gasteiger partial charge in [-0.15, -0.1) is 0 Å². The molecule has 0 bridgehead atoms. The number of nitrogens with one attached hydrogen (secondary N) is 1. The van der Waals surface area contributed by atoms with Crippen molar-refractivity contribution in [3.05, 3.63) is 35.6 Å². The molecule has 0 spiro atoms. The molecule has 1 fully saturated rings. The smallest absolute Gasteiger partial charge is 0.123 e. The van der Waals surface area contributed by atoms with E-state index >= 15 is 0 Å². The Morgan fingerprint density at radius 3 is 2.71 bits per heavy atom. The van der Waals surface area contributed by atoms with Crippen molar-refractivity contribution in [3.8, 4) is 0 Å². The molecular formula is C18H29FN2. The van der Waals surface area contributed by atoms with Gasteiger partial charge in [-0.3, -0.25) is 0 Å². The molecule has 1 aliphatic carbocycles. The molecule has 1 unspecified atom stereocenters. The van der Waals surface area contributed by atoms with Gasteiger partial charge in [0.1, 0.15) is 5.82 Å². The predicted molar refractivity (Wildman–Crippen MR) is 86.9 cm³/mol. The Hall–Kier alpha value is -0.930. The Morgan fingerprint density at radius 1 is 1.29 bits per heavy atom. The van der Waals surface area contributed by atoms with Gasteiger partial charge < -0.3 is 10.2 Å². The van der Waals surface area contributed by atoms with Crippen LogP contribution in [-0.4, -0.2) is 31.1 Å². The van der Waals surface area contributed by atoms with Crippen molar-refractivity contribution in [2.75, 3.05) is 26.2 Å². The molecule has 0 aliphatic heterocycles. The molecule has 1 N–H and O–H groups in total. The third-order valence-electron chi connectivity index (χ3n) is 4.19. The molecule has 2 nitrogen and oxygen atoms in total. The van der Waals surface area contributed by atoms with E-state index in [0.717, 1.165) is 31.0 Å². The lowest BCUT2D eigenvalue weighted by molar-refractivity contribution is 0.247. The average Bonchev–Trinajstić information content (AvgIpc) is 3.27. The van der Waals surface area contributed by atoms with Crippen molar-refractivity contribution in [3.63, 3.8) is 0 Å². The van der Waals surface area contributed by atoms with Crippen molar-refractivity contribution in [2.24, 2.45) is 5.92 Å². The average molecular weight is 292 g/mol. The zero-order valence-electron chi connectivity index (χ0n) is 13.4. The summed E-state index contributed by atoms with van der Waals surface area (Å²) in [6.45, 7) is 8.79. The fourth-order valence-corrected chi connectivity index (χ4v) is 2.94. The molecule has 1 aromatic carbocycles. The van der Waals surface area contributed by atoms with Crippen LogP contribution in [-0.2, 0) is 0 Å². The first-order valence-corrected chi connectivity index (χ1v) is 8.44. The lowest BCUT2D eigenvalue weighted by Crippen LogP contribution is -2.31. The first-order chi connectivity index (χ1) is 10.2. The van der Waals surface area contributed by atoms with Crippen molar-refractivity contribution >= 4 is 0 Å². The zero-order chi connectivity index (χ0) is 15.1. The molecule has 1 aromatic rings. The molecule has 0 amide bonds. The van der Waals surface area contributed by atoms with Crippen LogP contribution >= 0.6 is 0 Å². The monoisotopic (exact) mass is 292 g/mol. The topological polar surface area (TPSA) is 15.3 Å². The van der Waals surface area contributed by atoms with Crippen molar-refractivity contribution in [1.82, 2.24) is 10.2 Å². The van der Waals surface area contributed by atoms with Gasteiger partial charge in [-0.05, 0) is 68.9 Å². The summed E-state index contributed by atoms with van der Waals surface area (Å²) in [6, 6.07) is 7.27. The van der Waals surface area contributed by atoms with Crippen molar-refractivity contribution < 1.29 is 4.39 Å². The lowest BCUT2D eigenvalue weighted by atomic mass is 10.0. The second kappa shape index (κ2) is 8.50. The van der Waals surface area contributed by atoms with Crippen LogP contribution in [0.3, 0.4) is 0 Å². The summed E-state index contributed by atoms with van der Waals surface area (Å²) in [4.78, 5) is 2.58. The minimum atomic E-state index is -0.140.